The van der Waals surface area contributed by atoms with Crippen molar-refractivity contribution in [3.63, 3.8) is 0 Å². The van der Waals surface area contributed by atoms with Crippen molar-refractivity contribution in [2.45, 2.75) is 12.5 Å². The third kappa shape index (κ3) is 4.60. The van der Waals surface area contributed by atoms with Crippen LogP contribution in [0.1, 0.15) is 17.3 Å². The molecule has 3 aromatic rings. The van der Waals surface area contributed by atoms with E-state index >= 15 is 0 Å². The first-order valence-corrected chi connectivity index (χ1v) is 7.84. The van der Waals surface area contributed by atoms with Gasteiger partial charge in [0.25, 0.3) is 0 Å². The molecule has 0 saturated heterocycles. The Labute approximate surface area is 145 Å². The number of aromatic nitrogens is 2. The zero-order chi connectivity index (χ0) is 17.5. The molecule has 2 aromatic heterocycles. The van der Waals surface area contributed by atoms with Crippen molar-refractivity contribution in [1.29, 1.82) is 0 Å². The first-order valence-electron chi connectivity index (χ1n) is 7.84. The highest BCUT2D eigenvalue weighted by atomic mass is 19.1. The van der Waals surface area contributed by atoms with Crippen LogP contribution in [0.2, 0.25) is 0 Å². The summed E-state index contributed by atoms with van der Waals surface area (Å²) in [5.41, 5.74) is 1.88. The number of nitrogens with one attached hydrogen (secondary N) is 2. The number of urea groups is 1. The van der Waals surface area contributed by atoms with Gasteiger partial charge < -0.3 is 10.6 Å². The summed E-state index contributed by atoms with van der Waals surface area (Å²) >= 11 is 0. The second kappa shape index (κ2) is 8.01. The van der Waals surface area contributed by atoms with Gasteiger partial charge in [-0.25, -0.2) is 9.18 Å². The zero-order valence-corrected chi connectivity index (χ0v) is 13.4. The van der Waals surface area contributed by atoms with Gasteiger partial charge in [-0.2, -0.15) is 0 Å². The van der Waals surface area contributed by atoms with Gasteiger partial charge in [0, 0.05) is 24.5 Å². The van der Waals surface area contributed by atoms with Gasteiger partial charge >= 0.3 is 6.03 Å². The summed E-state index contributed by atoms with van der Waals surface area (Å²) in [5.74, 6) is -0.585. The number of anilines is 1. The lowest BCUT2D eigenvalue weighted by atomic mass is 10.0. The number of benzene rings is 1. The molecule has 0 bridgehead atoms. The number of hydrogen-bond acceptors (Lipinski definition) is 3. The summed E-state index contributed by atoms with van der Waals surface area (Å²) in [6.45, 7) is 0. The van der Waals surface area contributed by atoms with E-state index in [-0.39, 0.29) is 11.7 Å². The van der Waals surface area contributed by atoms with Crippen molar-refractivity contribution in [3.05, 3.63) is 90.3 Å². The Hall–Kier alpha value is -3.28. The Morgan fingerprint density at radius 1 is 1.04 bits per heavy atom. The summed E-state index contributed by atoms with van der Waals surface area (Å²) in [5, 5.41) is 5.39. The van der Waals surface area contributed by atoms with Crippen LogP contribution in [-0.4, -0.2) is 16.0 Å². The van der Waals surface area contributed by atoms with Gasteiger partial charge in [-0.1, -0.05) is 36.4 Å². The molecule has 1 unspecified atom stereocenters. The van der Waals surface area contributed by atoms with Crippen LogP contribution in [0, 0.1) is 5.82 Å². The van der Waals surface area contributed by atoms with Crippen molar-refractivity contribution in [2.24, 2.45) is 0 Å². The van der Waals surface area contributed by atoms with Crippen LogP contribution in [0.3, 0.4) is 0 Å². The Balaban J connectivity index is 1.75. The maximum absolute atomic E-state index is 13.6. The summed E-state index contributed by atoms with van der Waals surface area (Å²) < 4.78 is 13.6. The maximum atomic E-state index is 13.6. The van der Waals surface area contributed by atoms with Crippen LogP contribution in [0.5, 0.6) is 0 Å². The largest absolute Gasteiger partial charge is 0.331 e. The van der Waals surface area contributed by atoms with Crippen LogP contribution in [0.25, 0.3) is 0 Å². The minimum Gasteiger partial charge on any atom is -0.331 e. The Bertz CT molecular complexity index is 827. The molecule has 2 amide bonds. The first-order chi connectivity index (χ1) is 12.2. The summed E-state index contributed by atoms with van der Waals surface area (Å²) in [7, 11) is 0. The molecule has 5 nitrogen and oxygen atoms in total. The summed E-state index contributed by atoms with van der Waals surface area (Å²) in [6.07, 6.45) is 4.71. The predicted octanol–water partition coefficient (Wildman–Crippen LogP) is 3.72. The van der Waals surface area contributed by atoms with Gasteiger partial charge in [-0.3, -0.25) is 9.97 Å². The molecule has 2 N–H and O–H groups in total. The van der Waals surface area contributed by atoms with Crippen LogP contribution in [0.4, 0.5) is 14.9 Å². The van der Waals surface area contributed by atoms with Gasteiger partial charge in [0.2, 0.25) is 0 Å². The average Bonchev–Trinajstić information content (AvgIpc) is 2.65. The minimum absolute atomic E-state index is 0.0807. The molecule has 1 aromatic carbocycles. The molecule has 6 heteroatoms. The van der Waals surface area contributed by atoms with Crippen LogP contribution < -0.4 is 10.6 Å². The SMILES string of the molecule is O=C(Nc1ccncc1F)NC(Cc1ccccn1)c1ccccc1. The molecule has 0 aliphatic carbocycles. The molecule has 2 heterocycles. The third-order valence-corrected chi connectivity index (χ3v) is 3.67. The highest BCUT2D eigenvalue weighted by Crippen LogP contribution is 2.18. The molecular weight excluding hydrogens is 319 g/mol. The van der Waals surface area contributed by atoms with Gasteiger partial charge in [-0.15, -0.1) is 0 Å². The lowest BCUT2D eigenvalue weighted by Gasteiger charge is -2.19. The molecule has 25 heavy (non-hydrogen) atoms. The molecule has 0 radical (unpaired) electrons. The highest BCUT2D eigenvalue weighted by Gasteiger charge is 2.16. The zero-order valence-electron chi connectivity index (χ0n) is 13.4. The lowest BCUT2D eigenvalue weighted by Crippen LogP contribution is -2.34. The predicted molar refractivity (Wildman–Crippen MR) is 93.5 cm³/mol. The number of amides is 2. The third-order valence-electron chi connectivity index (χ3n) is 3.67. The smallest absolute Gasteiger partial charge is 0.319 e. The molecule has 126 valence electrons. The van der Waals surface area contributed by atoms with E-state index in [0.29, 0.717) is 6.42 Å². The van der Waals surface area contributed by atoms with E-state index in [2.05, 4.69) is 20.6 Å². The lowest BCUT2D eigenvalue weighted by molar-refractivity contribution is 0.248. The van der Waals surface area contributed by atoms with Crippen LogP contribution >= 0.6 is 0 Å². The average molecular weight is 336 g/mol. The second-order valence-corrected chi connectivity index (χ2v) is 5.44. The number of nitrogens with zero attached hydrogens (tertiary/aromatic N) is 2. The fraction of sp³-hybridized carbons (Fsp3) is 0.105. The number of hydrogen-bond donors (Lipinski definition) is 2. The Morgan fingerprint density at radius 2 is 1.84 bits per heavy atom. The van der Waals surface area contributed by atoms with E-state index in [4.69, 9.17) is 0 Å². The number of carbonyl (C=O) groups excluding carboxylic acids is 1. The quantitative estimate of drug-likeness (QED) is 0.746. The topological polar surface area (TPSA) is 66.9 Å². The van der Waals surface area contributed by atoms with Crippen LogP contribution in [-0.2, 0) is 6.42 Å². The molecular formula is C19H17FN4O. The van der Waals surface area contributed by atoms with Gasteiger partial charge in [0.1, 0.15) is 0 Å². The molecule has 0 saturated carbocycles. The van der Waals surface area contributed by atoms with Crippen molar-refractivity contribution in [2.75, 3.05) is 5.32 Å². The van der Waals surface area contributed by atoms with Crippen molar-refractivity contribution in [3.8, 4) is 0 Å². The maximum Gasteiger partial charge on any atom is 0.319 e. The van der Waals surface area contributed by atoms with Crippen LogP contribution in [0.15, 0.2) is 73.2 Å². The first kappa shape index (κ1) is 16.6. The van der Waals surface area contributed by atoms with Crippen molar-refractivity contribution >= 4 is 11.7 Å². The second-order valence-electron chi connectivity index (χ2n) is 5.44. The van der Waals surface area contributed by atoms with E-state index in [1.807, 2.05) is 48.5 Å². The molecule has 0 spiro atoms. The molecule has 0 fully saturated rings. The van der Waals surface area contributed by atoms with Crippen molar-refractivity contribution in [1.82, 2.24) is 15.3 Å². The highest BCUT2D eigenvalue weighted by molar-refractivity contribution is 5.89. The Morgan fingerprint density at radius 3 is 2.56 bits per heavy atom. The van der Waals surface area contributed by atoms with Crippen molar-refractivity contribution < 1.29 is 9.18 Å². The summed E-state index contributed by atoms with van der Waals surface area (Å²) in [6, 6.07) is 15.9. The van der Waals surface area contributed by atoms with Gasteiger partial charge in [0.05, 0.1) is 17.9 Å². The molecule has 1 atom stereocenters. The Kier molecular flexibility index (Phi) is 5.31. The normalized spacial score (nSPS) is 11.6. The van der Waals surface area contributed by atoms with Gasteiger partial charge in [0.15, 0.2) is 5.82 Å². The van der Waals surface area contributed by atoms with Gasteiger partial charge in [-0.05, 0) is 23.8 Å². The molecule has 3 rings (SSSR count). The van der Waals surface area contributed by atoms with E-state index in [9.17, 15) is 9.18 Å². The van der Waals surface area contributed by atoms with E-state index < -0.39 is 11.8 Å². The standard InChI is InChI=1S/C19H17FN4O/c20-16-13-21-11-9-17(16)23-19(25)24-18(14-6-2-1-3-7-14)12-15-8-4-5-10-22-15/h1-11,13,18H,12H2,(H2,21,23,24,25). The monoisotopic (exact) mass is 336 g/mol. The number of carbonyl (C=O) groups is 1. The molecule has 0 aliphatic rings. The molecule has 0 aliphatic heterocycles. The number of rotatable bonds is 5. The minimum atomic E-state index is -0.585. The summed E-state index contributed by atoms with van der Waals surface area (Å²) in [4.78, 5) is 20.3. The fourth-order valence-corrected chi connectivity index (χ4v) is 2.46. The fourth-order valence-electron chi connectivity index (χ4n) is 2.46. The number of pyridine rings is 2. The van der Waals surface area contributed by atoms with E-state index in [0.717, 1.165) is 17.5 Å². The van der Waals surface area contributed by atoms with E-state index in [1.165, 1.54) is 12.3 Å². The number of halogens is 1. The van der Waals surface area contributed by atoms with E-state index in [1.54, 1.807) is 6.20 Å².